The van der Waals surface area contributed by atoms with E-state index in [1.54, 1.807) is 12.4 Å². The summed E-state index contributed by atoms with van der Waals surface area (Å²) in [5.41, 5.74) is 1.26. The van der Waals surface area contributed by atoms with Gasteiger partial charge in [-0.25, -0.2) is 4.98 Å². The van der Waals surface area contributed by atoms with E-state index < -0.39 is 0 Å². The van der Waals surface area contributed by atoms with E-state index in [4.69, 9.17) is 4.74 Å². The Kier molecular flexibility index (Phi) is 3.80. The third-order valence-electron chi connectivity index (χ3n) is 4.08. The largest absolute Gasteiger partial charge is 0.381 e. The van der Waals surface area contributed by atoms with Gasteiger partial charge in [0.05, 0.1) is 5.56 Å². The second kappa shape index (κ2) is 6.10. The lowest BCUT2D eigenvalue weighted by atomic mass is 10.1. The van der Waals surface area contributed by atoms with E-state index in [2.05, 4.69) is 19.5 Å². The number of hydrogen-bond acceptors (Lipinski definition) is 4. The van der Waals surface area contributed by atoms with E-state index in [0.717, 1.165) is 36.2 Å². The molecule has 1 saturated heterocycles. The number of thiazole rings is 1. The average Bonchev–Trinajstić information content (AvgIpc) is 3.22. The fraction of sp³-hybridized carbons (Fsp3) is 0.312. The van der Waals surface area contributed by atoms with Crippen LogP contribution in [0.25, 0.3) is 11.0 Å². The van der Waals surface area contributed by atoms with E-state index in [9.17, 15) is 4.79 Å². The molecule has 0 radical (unpaired) electrons. The minimum atomic E-state index is -0.243. The lowest BCUT2D eigenvalue weighted by Gasteiger charge is -2.23. The Labute approximate surface area is 136 Å². The Balaban J connectivity index is 1.70. The number of rotatable bonds is 2. The molecule has 4 heterocycles. The molecule has 0 bridgehead atoms. The molecule has 3 aromatic rings. The molecule has 0 spiro atoms. The van der Waals surface area contributed by atoms with Crippen LogP contribution < -0.4 is 4.80 Å². The first-order chi connectivity index (χ1) is 11.3. The number of aromatic amines is 1. The Morgan fingerprint density at radius 1 is 1.43 bits per heavy atom. The highest BCUT2D eigenvalue weighted by Gasteiger charge is 2.17. The van der Waals surface area contributed by atoms with Gasteiger partial charge in [0, 0.05) is 48.6 Å². The van der Waals surface area contributed by atoms with Crippen molar-refractivity contribution in [1.29, 1.82) is 0 Å². The van der Waals surface area contributed by atoms with E-state index in [-0.39, 0.29) is 5.91 Å². The first-order valence-corrected chi connectivity index (χ1v) is 8.45. The summed E-state index contributed by atoms with van der Waals surface area (Å²) < 4.78 is 7.50. The molecule has 1 N–H and O–H groups in total. The first-order valence-electron chi connectivity index (χ1n) is 7.57. The van der Waals surface area contributed by atoms with Crippen molar-refractivity contribution in [2.45, 2.75) is 18.9 Å². The molecular weight excluding hydrogens is 312 g/mol. The highest BCUT2D eigenvalue weighted by atomic mass is 32.1. The van der Waals surface area contributed by atoms with Gasteiger partial charge in [0.15, 0.2) is 4.80 Å². The van der Waals surface area contributed by atoms with Gasteiger partial charge in [-0.3, -0.25) is 4.79 Å². The number of fused-ring (bicyclic) bond motifs is 1. The Hall–Kier alpha value is -2.25. The molecule has 23 heavy (non-hydrogen) atoms. The van der Waals surface area contributed by atoms with Crippen molar-refractivity contribution in [1.82, 2.24) is 14.5 Å². The summed E-state index contributed by atoms with van der Waals surface area (Å²) in [7, 11) is 0. The van der Waals surface area contributed by atoms with Crippen LogP contribution in [0.1, 0.15) is 29.2 Å². The third-order valence-corrected chi connectivity index (χ3v) is 4.85. The molecule has 0 saturated carbocycles. The SMILES string of the molecule is O=C(/N=c1\sccn1C1CCOCC1)c1c[nH]c2ncccc12. The molecule has 3 aromatic heterocycles. The van der Waals surface area contributed by atoms with Crippen LogP contribution in [0.2, 0.25) is 0 Å². The molecule has 0 aliphatic carbocycles. The number of hydrogen-bond donors (Lipinski definition) is 1. The van der Waals surface area contributed by atoms with E-state index in [1.165, 1.54) is 11.3 Å². The van der Waals surface area contributed by atoms with Crippen LogP contribution in [-0.2, 0) is 4.74 Å². The monoisotopic (exact) mass is 328 g/mol. The van der Waals surface area contributed by atoms with Crippen molar-refractivity contribution in [2.24, 2.45) is 4.99 Å². The number of nitrogens with one attached hydrogen (secondary N) is 1. The summed E-state index contributed by atoms with van der Waals surface area (Å²) in [5.74, 6) is -0.243. The highest BCUT2D eigenvalue weighted by Crippen LogP contribution is 2.20. The van der Waals surface area contributed by atoms with Crippen LogP contribution >= 0.6 is 11.3 Å². The summed E-state index contributed by atoms with van der Waals surface area (Å²) in [5, 5.41) is 2.77. The van der Waals surface area contributed by atoms with Crippen LogP contribution in [0, 0.1) is 0 Å². The fourth-order valence-corrected chi connectivity index (χ4v) is 3.67. The molecule has 1 aliphatic rings. The molecule has 7 heteroatoms. The molecule has 1 aliphatic heterocycles. The first kappa shape index (κ1) is 14.3. The van der Waals surface area contributed by atoms with Crippen LogP contribution in [-0.4, -0.2) is 33.7 Å². The normalized spacial score (nSPS) is 17.0. The number of amides is 1. The summed E-state index contributed by atoms with van der Waals surface area (Å²) >= 11 is 1.48. The van der Waals surface area contributed by atoms with Gasteiger partial charge >= 0.3 is 0 Å². The fourth-order valence-electron chi connectivity index (χ4n) is 2.89. The number of H-pyrrole nitrogens is 1. The second-order valence-electron chi connectivity index (χ2n) is 5.46. The molecule has 6 nitrogen and oxygen atoms in total. The number of ether oxygens (including phenoxy) is 1. The maximum atomic E-state index is 12.6. The predicted octanol–water partition coefficient (Wildman–Crippen LogP) is 2.52. The van der Waals surface area contributed by atoms with Gasteiger partial charge in [0.2, 0.25) is 0 Å². The number of carbonyl (C=O) groups excluding carboxylic acids is 1. The van der Waals surface area contributed by atoms with Gasteiger partial charge in [-0.15, -0.1) is 11.3 Å². The van der Waals surface area contributed by atoms with Gasteiger partial charge in [-0.2, -0.15) is 4.99 Å². The average molecular weight is 328 g/mol. The number of nitrogens with zero attached hydrogens (tertiary/aromatic N) is 3. The Morgan fingerprint density at radius 3 is 3.17 bits per heavy atom. The quantitative estimate of drug-likeness (QED) is 0.785. The van der Waals surface area contributed by atoms with Crippen molar-refractivity contribution in [3.8, 4) is 0 Å². The van der Waals surface area contributed by atoms with E-state index >= 15 is 0 Å². The van der Waals surface area contributed by atoms with Gasteiger partial charge in [-0.1, -0.05) is 0 Å². The van der Waals surface area contributed by atoms with Gasteiger partial charge in [0.1, 0.15) is 5.65 Å². The van der Waals surface area contributed by atoms with Crippen molar-refractivity contribution < 1.29 is 9.53 Å². The number of pyridine rings is 1. The second-order valence-corrected chi connectivity index (χ2v) is 6.33. The van der Waals surface area contributed by atoms with Crippen molar-refractivity contribution in [2.75, 3.05) is 13.2 Å². The summed E-state index contributed by atoms with van der Waals surface area (Å²) in [6.45, 7) is 1.52. The maximum Gasteiger partial charge on any atom is 0.281 e. The maximum absolute atomic E-state index is 12.6. The Morgan fingerprint density at radius 2 is 2.30 bits per heavy atom. The summed E-state index contributed by atoms with van der Waals surface area (Å²) in [6.07, 6.45) is 7.28. The van der Waals surface area contributed by atoms with Crippen molar-refractivity contribution in [3.05, 3.63) is 46.5 Å². The highest BCUT2D eigenvalue weighted by molar-refractivity contribution is 7.07. The van der Waals surface area contributed by atoms with Gasteiger partial charge < -0.3 is 14.3 Å². The third kappa shape index (κ3) is 2.73. The lowest BCUT2D eigenvalue weighted by molar-refractivity contribution is 0.0688. The molecular formula is C16H16N4O2S. The van der Waals surface area contributed by atoms with E-state index in [1.807, 2.05) is 23.7 Å². The van der Waals surface area contributed by atoms with Crippen LogP contribution in [0.15, 0.2) is 41.1 Å². The Bertz CT molecular complexity index is 902. The standard InChI is InChI=1S/C16H16N4O2S/c21-15(13-10-18-14-12(13)2-1-5-17-14)19-16-20(6-9-23-16)11-3-7-22-8-4-11/h1-2,5-6,9-11H,3-4,7-8H2,(H,17,18)/b19-16-. The molecule has 1 fully saturated rings. The lowest BCUT2D eigenvalue weighted by Crippen LogP contribution is -2.26. The summed E-state index contributed by atoms with van der Waals surface area (Å²) in [4.78, 5) is 24.9. The molecule has 0 unspecified atom stereocenters. The smallest absolute Gasteiger partial charge is 0.281 e. The predicted molar refractivity (Wildman–Crippen MR) is 87.4 cm³/mol. The topological polar surface area (TPSA) is 72.3 Å². The zero-order chi connectivity index (χ0) is 15.6. The number of aromatic nitrogens is 3. The zero-order valence-electron chi connectivity index (χ0n) is 12.4. The van der Waals surface area contributed by atoms with Crippen molar-refractivity contribution >= 4 is 28.3 Å². The molecule has 0 aromatic carbocycles. The number of carbonyl (C=O) groups is 1. The van der Waals surface area contributed by atoms with Crippen LogP contribution in [0.5, 0.6) is 0 Å². The minimum absolute atomic E-state index is 0.243. The molecule has 4 rings (SSSR count). The van der Waals surface area contributed by atoms with Gasteiger partial charge in [-0.05, 0) is 25.0 Å². The molecule has 0 atom stereocenters. The molecule has 118 valence electrons. The zero-order valence-corrected chi connectivity index (χ0v) is 13.3. The van der Waals surface area contributed by atoms with Crippen LogP contribution in [0.3, 0.4) is 0 Å². The minimum Gasteiger partial charge on any atom is -0.381 e. The van der Waals surface area contributed by atoms with E-state index in [0.29, 0.717) is 17.3 Å². The van der Waals surface area contributed by atoms with Crippen LogP contribution in [0.4, 0.5) is 0 Å². The summed E-state index contributed by atoms with van der Waals surface area (Å²) in [6, 6.07) is 4.05. The molecule has 1 amide bonds. The van der Waals surface area contributed by atoms with Gasteiger partial charge in [0.25, 0.3) is 5.91 Å². The van der Waals surface area contributed by atoms with Crippen molar-refractivity contribution in [3.63, 3.8) is 0 Å².